The topological polar surface area (TPSA) is 20.2 Å². The summed E-state index contributed by atoms with van der Waals surface area (Å²) >= 11 is 0. The zero-order chi connectivity index (χ0) is 18.2. The number of benzene rings is 3. The Hall–Kier alpha value is -2.64. The van der Waals surface area contributed by atoms with Crippen LogP contribution in [-0.2, 0) is 5.41 Å². The van der Waals surface area contributed by atoms with Gasteiger partial charge >= 0.3 is 0 Å². The first-order valence-corrected chi connectivity index (χ1v) is 9.26. The first kappa shape index (κ1) is 18.2. The maximum Gasteiger partial charge on any atom is 0.0530 e. The van der Waals surface area contributed by atoms with E-state index in [0.717, 1.165) is 12.8 Å². The summed E-state index contributed by atoms with van der Waals surface area (Å²) in [5, 5.41) is 10.3. The summed E-state index contributed by atoms with van der Waals surface area (Å²) in [7, 11) is 0. The molecule has 1 unspecified atom stereocenters. The molecule has 132 valence electrons. The molecule has 26 heavy (non-hydrogen) atoms. The van der Waals surface area contributed by atoms with Gasteiger partial charge in [-0.2, -0.15) is 0 Å². The summed E-state index contributed by atoms with van der Waals surface area (Å²) in [6.07, 6.45) is 3.97. The molecule has 0 amide bonds. The van der Waals surface area contributed by atoms with Crippen LogP contribution < -0.4 is 0 Å². The molecule has 0 spiro atoms. The van der Waals surface area contributed by atoms with Crippen LogP contribution in [-0.4, -0.2) is 11.7 Å². The first-order chi connectivity index (χ1) is 12.8. The lowest BCUT2D eigenvalue weighted by Crippen LogP contribution is -2.29. The zero-order valence-electron chi connectivity index (χ0n) is 15.3. The Kier molecular flexibility index (Phi) is 6.04. The fourth-order valence-electron chi connectivity index (χ4n) is 3.46. The van der Waals surface area contributed by atoms with Crippen molar-refractivity contribution in [1.82, 2.24) is 0 Å². The lowest BCUT2D eigenvalue weighted by Gasteiger charge is -2.30. The molecule has 3 rings (SSSR count). The molecule has 0 aliphatic rings. The van der Waals surface area contributed by atoms with Crippen LogP contribution in [0.15, 0.2) is 97.1 Å². The number of hydrogen-bond donors (Lipinski definition) is 1. The number of rotatable bonds is 7. The standard InChI is InChI=1S/C25H26O/c1-2-25(20-26,23-16-10-5-11-17-23)19-18-24(21-12-6-3-7-13-21)22-14-8-4-9-15-22/h3-18,26H,2,19-20H2,1H3. The Labute approximate surface area is 156 Å². The monoisotopic (exact) mass is 342 g/mol. The van der Waals surface area contributed by atoms with Gasteiger partial charge < -0.3 is 5.11 Å². The maximum atomic E-state index is 10.3. The van der Waals surface area contributed by atoms with Crippen molar-refractivity contribution < 1.29 is 5.11 Å². The molecule has 0 saturated carbocycles. The summed E-state index contributed by atoms with van der Waals surface area (Å²) in [5.41, 5.74) is 4.57. The van der Waals surface area contributed by atoms with E-state index in [0.29, 0.717) is 0 Å². The van der Waals surface area contributed by atoms with Gasteiger partial charge in [0.15, 0.2) is 0 Å². The molecule has 0 aliphatic heterocycles. The second-order valence-corrected chi connectivity index (χ2v) is 6.71. The molecule has 0 radical (unpaired) electrons. The van der Waals surface area contributed by atoms with E-state index in [2.05, 4.69) is 85.8 Å². The van der Waals surface area contributed by atoms with Crippen LogP contribution in [0.3, 0.4) is 0 Å². The lowest BCUT2D eigenvalue weighted by atomic mass is 9.75. The molecule has 0 bridgehead atoms. The van der Waals surface area contributed by atoms with Crippen molar-refractivity contribution in [2.75, 3.05) is 6.61 Å². The number of aliphatic hydroxyl groups is 1. The van der Waals surface area contributed by atoms with Gasteiger partial charge in [0.25, 0.3) is 0 Å². The van der Waals surface area contributed by atoms with Crippen LogP contribution in [0, 0.1) is 0 Å². The Morgan fingerprint density at radius 2 is 1.23 bits per heavy atom. The van der Waals surface area contributed by atoms with Gasteiger partial charge in [-0.15, -0.1) is 0 Å². The summed E-state index contributed by atoms with van der Waals surface area (Å²) in [6.45, 7) is 2.29. The van der Waals surface area contributed by atoms with Gasteiger partial charge in [-0.3, -0.25) is 0 Å². The first-order valence-electron chi connectivity index (χ1n) is 9.26. The number of aliphatic hydroxyl groups excluding tert-OH is 1. The molecule has 0 heterocycles. The van der Waals surface area contributed by atoms with Crippen molar-refractivity contribution in [3.8, 4) is 0 Å². The molecule has 0 aliphatic carbocycles. The highest BCUT2D eigenvalue weighted by molar-refractivity contribution is 5.79. The maximum absolute atomic E-state index is 10.3. The van der Waals surface area contributed by atoms with E-state index in [1.165, 1.54) is 22.3 Å². The number of hydrogen-bond acceptors (Lipinski definition) is 1. The Balaban J connectivity index is 2.02. The average molecular weight is 342 g/mol. The van der Waals surface area contributed by atoms with Crippen molar-refractivity contribution in [2.45, 2.75) is 25.2 Å². The van der Waals surface area contributed by atoms with E-state index in [1.54, 1.807) is 0 Å². The fraction of sp³-hybridized carbons (Fsp3) is 0.200. The van der Waals surface area contributed by atoms with E-state index >= 15 is 0 Å². The normalized spacial score (nSPS) is 13.0. The van der Waals surface area contributed by atoms with Crippen LogP contribution in [0.2, 0.25) is 0 Å². The van der Waals surface area contributed by atoms with Gasteiger partial charge in [-0.1, -0.05) is 104 Å². The molecule has 1 nitrogen and oxygen atoms in total. The third-order valence-corrected chi connectivity index (χ3v) is 5.23. The van der Waals surface area contributed by atoms with E-state index in [4.69, 9.17) is 0 Å². The molecule has 0 fully saturated rings. The summed E-state index contributed by atoms with van der Waals surface area (Å²) < 4.78 is 0. The molecule has 3 aromatic carbocycles. The molecule has 1 N–H and O–H groups in total. The lowest BCUT2D eigenvalue weighted by molar-refractivity contribution is 0.189. The van der Waals surface area contributed by atoms with E-state index in [9.17, 15) is 5.11 Å². The number of allylic oxidation sites excluding steroid dienone is 1. The van der Waals surface area contributed by atoms with Crippen molar-refractivity contribution in [3.05, 3.63) is 114 Å². The van der Waals surface area contributed by atoms with Crippen molar-refractivity contribution in [2.24, 2.45) is 0 Å². The highest BCUT2D eigenvalue weighted by Gasteiger charge is 2.28. The Bertz CT molecular complexity index is 774. The largest absolute Gasteiger partial charge is 0.395 e. The average Bonchev–Trinajstić information content (AvgIpc) is 2.74. The van der Waals surface area contributed by atoms with Crippen molar-refractivity contribution >= 4 is 5.57 Å². The molecular weight excluding hydrogens is 316 g/mol. The van der Waals surface area contributed by atoms with Crippen LogP contribution in [0.4, 0.5) is 0 Å². The van der Waals surface area contributed by atoms with E-state index in [-0.39, 0.29) is 12.0 Å². The van der Waals surface area contributed by atoms with Crippen molar-refractivity contribution in [3.63, 3.8) is 0 Å². The van der Waals surface area contributed by atoms with Gasteiger partial charge in [0.05, 0.1) is 6.61 Å². The van der Waals surface area contributed by atoms with Gasteiger partial charge in [0.2, 0.25) is 0 Å². The van der Waals surface area contributed by atoms with E-state index < -0.39 is 0 Å². The van der Waals surface area contributed by atoms with E-state index in [1.807, 2.05) is 18.2 Å². The molecule has 0 saturated heterocycles. The van der Waals surface area contributed by atoms with Crippen LogP contribution in [0.25, 0.3) is 5.57 Å². The van der Waals surface area contributed by atoms with Crippen molar-refractivity contribution in [1.29, 1.82) is 0 Å². The van der Waals surface area contributed by atoms with Crippen LogP contribution in [0.1, 0.15) is 36.5 Å². The van der Waals surface area contributed by atoms with Crippen LogP contribution >= 0.6 is 0 Å². The minimum absolute atomic E-state index is 0.140. The SMILES string of the molecule is CCC(CO)(CC=C(c1ccccc1)c1ccccc1)c1ccccc1. The van der Waals surface area contributed by atoms with Gasteiger partial charge in [0, 0.05) is 5.41 Å². The minimum Gasteiger partial charge on any atom is -0.395 e. The predicted octanol–water partition coefficient (Wildman–Crippen LogP) is 5.85. The highest BCUT2D eigenvalue weighted by Crippen LogP contribution is 2.34. The second kappa shape index (κ2) is 8.64. The third kappa shape index (κ3) is 3.95. The summed E-state index contributed by atoms with van der Waals surface area (Å²) in [4.78, 5) is 0. The molecular formula is C25H26O. The second-order valence-electron chi connectivity index (χ2n) is 6.71. The zero-order valence-corrected chi connectivity index (χ0v) is 15.3. The van der Waals surface area contributed by atoms with Gasteiger partial charge in [0.1, 0.15) is 0 Å². The van der Waals surface area contributed by atoms with Gasteiger partial charge in [-0.25, -0.2) is 0 Å². The quantitative estimate of drug-likeness (QED) is 0.571. The Morgan fingerprint density at radius 3 is 1.65 bits per heavy atom. The van der Waals surface area contributed by atoms with Crippen LogP contribution in [0.5, 0.6) is 0 Å². The Morgan fingerprint density at radius 1 is 0.769 bits per heavy atom. The molecule has 1 heteroatoms. The third-order valence-electron chi connectivity index (χ3n) is 5.23. The summed E-state index contributed by atoms with van der Waals surface area (Å²) in [5.74, 6) is 0. The fourth-order valence-corrected chi connectivity index (χ4v) is 3.46. The smallest absolute Gasteiger partial charge is 0.0530 e. The molecule has 3 aromatic rings. The van der Waals surface area contributed by atoms with Gasteiger partial charge in [-0.05, 0) is 35.1 Å². The predicted molar refractivity (Wildman–Crippen MR) is 110 cm³/mol. The highest BCUT2D eigenvalue weighted by atomic mass is 16.3. The molecule has 1 atom stereocenters. The minimum atomic E-state index is -0.254. The summed E-state index contributed by atoms with van der Waals surface area (Å²) in [6, 6.07) is 31.3. The molecule has 0 aromatic heterocycles.